The highest BCUT2D eigenvalue weighted by atomic mass is 16.3. The molecule has 1 aliphatic rings. The van der Waals surface area contributed by atoms with Crippen LogP contribution in [0.15, 0.2) is 11.8 Å². The van der Waals surface area contributed by atoms with Gasteiger partial charge in [-0.2, -0.15) is 0 Å². The number of hydrogen-bond donors (Lipinski definition) is 1. The number of carbonyl (C=O) groups is 1. The van der Waals surface area contributed by atoms with Crippen molar-refractivity contribution in [2.45, 2.75) is 39.5 Å². The minimum Gasteiger partial charge on any atom is -0.511 e. The molecule has 0 atom stereocenters. The molecule has 1 N–H and O–H groups in total. The van der Waals surface area contributed by atoms with Crippen LogP contribution in [0.3, 0.4) is 0 Å². The normalized spacial score (nSPS) is 20.2. The van der Waals surface area contributed by atoms with Crippen molar-refractivity contribution in [2.75, 3.05) is 0 Å². The molecule has 2 heteroatoms. The van der Waals surface area contributed by atoms with Gasteiger partial charge in [0.15, 0.2) is 5.78 Å². The number of carbonyl (C=O) groups excluding carboxylic acids is 1. The van der Waals surface area contributed by atoms with E-state index >= 15 is 0 Å². The summed E-state index contributed by atoms with van der Waals surface area (Å²) in [6.07, 6.45) is 4.84. The van der Waals surface area contributed by atoms with E-state index in [-0.39, 0.29) is 5.78 Å². The molecule has 0 unspecified atom stereocenters. The van der Waals surface area contributed by atoms with Gasteiger partial charge in [-0.15, -0.1) is 0 Å². The van der Waals surface area contributed by atoms with Crippen LogP contribution in [0.25, 0.3) is 0 Å². The lowest BCUT2D eigenvalue weighted by molar-refractivity contribution is -0.128. The lowest BCUT2D eigenvalue weighted by atomic mass is 9.67. The zero-order chi connectivity index (χ0) is 9.19. The van der Waals surface area contributed by atoms with Crippen LogP contribution in [-0.4, -0.2) is 10.9 Å². The van der Waals surface area contributed by atoms with Gasteiger partial charge in [0, 0.05) is 6.08 Å². The molecule has 0 bridgehead atoms. The Morgan fingerprint density at radius 3 is 2.08 bits per heavy atom. The third-order valence-electron chi connectivity index (χ3n) is 2.58. The minimum atomic E-state index is -0.483. The van der Waals surface area contributed by atoms with Crippen molar-refractivity contribution in [1.82, 2.24) is 0 Å². The second-order valence-corrected chi connectivity index (χ2v) is 3.48. The van der Waals surface area contributed by atoms with Crippen LogP contribution in [0.1, 0.15) is 39.5 Å². The summed E-state index contributed by atoms with van der Waals surface area (Å²) in [5.41, 5.74) is -0.483. The van der Waals surface area contributed by atoms with E-state index in [1.165, 1.54) is 6.08 Å². The molecule has 12 heavy (non-hydrogen) atoms. The number of ketones is 1. The van der Waals surface area contributed by atoms with Crippen molar-refractivity contribution in [3.63, 3.8) is 0 Å². The van der Waals surface area contributed by atoms with Gasteiger partial charge in [0.1, 0.15) is 5.76 Å². The molecule has 68 valence electrons. The van der Waals surface area contributed by atoms with Crippen LogP contribution in [0.2, 0.25) is 0 Å². The molecule has 1 rings (SSSR count). The van der Waals surface area contributed by atoms with Gasteiger partial charge in [-0.3, -0.25) is 4.79 Å². The summed E-state index contributed by atoms with van der Waals surface area (Å²) >= 11 is 0. The van der Waals surface area contributed by atoms with E-state index in [0.29, 0.717) is 5.76 Å². The fourth-order valence-corrected chi connectivity index (χ4v) is 1.93. The average molecular weight is 168 g/mol. The Hall–Kier alpha value is -0.790. The molecule has 0 saturated carbocycles. The Balaban J connectivity index is 2.75. The lowest BCUT2D eigenvalue weighted by Gasteiger charge is -2.36. The minimum absolute atomic E-state index is 0.115. The fourth-order valence-electron chi connectivity index (χ4n) is 1.93. The van der Waals surface area contributed by atoms with E-state index < -0.39 is 5.41 Å². The second kappa shape index (κ2) is 3.30. The number of hydrogen-bond acceptors (Lipinski definition) is 2. The van der Waals surface area contributed by atoms with E-state index in [9.17, 15) is 9.90 Å². The Bertz CT molecular complexity index is 210. The molecular formula is C10H16O2. The molecule has 0 heterocycles. The van der Waals surface area contributed by atoms with Crippen LogP contribution in [0.4, 0.5) is 0 Å². The Labute approximate surface area is 73.3 Å². The van der Waals surface area contributed by atoms with Gasteiger partial charge < -0.3 is 5.11 Å². The van der Waals surface area contributed by atoms with Gasteiger partial charge in [0.05, 0.1) is 5.41 Å². The summed E-state index contributed by atoms with van der Waals surface area (Å²) in [4.78, 5) is 11.3. The van der Waals surface area contributed by atoms with E-state index in [1.807, 2.05) is 13.8 Å². The maximum absolute atomic E-state index is 11.3. The van der Waals surface area contributed by atoms with Gasteiger partial charge >= 0.3 is 0 Å². The third-order valence-corrected chi connectivity index (χ3v) is 2.58. The number of aliphatic hydroxyl groups excluding tert-OH is 1. The number of rotatable bonds is 4. The molecule has 1 aliphatic carbocycles. The second-order valence-electron chi connectivity index (χ2n) is 3.48. The maximum atomic E-state index is 11.3. The van der Waals surface area contributed by atoms with Crippen LogP contribution >= 0.6 is 0 Å². The Morgan fingerprint density at radius 2 is 1.83 bits per heavy atom. The third kappa shape index (κ3) is 1.15. The summed E-state index contributed by atoms with van der Waals surface area (Å²) in [5, 5.41) is 9.43. The van der Waals surface area contributed by atoms with E-state index in [4.69, 9.17) is 0 Å². The lowest BCUT2D eigenvalue weighted by Crippen LogP contribution is -2.39. The van der Waals surface area contributed by atoms with E-state index in [1.54, 1.807) is 0 Å². The quantitative estimate of drug-likeness (QED) is 0.700. The zero-order valence-corrected chi connectivity index (χ0v) is 7.76. The first-order valence-corrected chi connectivity index (χ1v) is 4.63. The molecular weight excluding hydrogens is 152 g/mol. The molecule has 0 saturated heterocycles. The molecule has 0 aromatic carbocycles. The summed E-state index contributed by atoms with van der Waals surface area (Å²) < 4.78 is 0. The maximum Gasteiger partial charge on any atom is 0.172 e. The van der Waals surface area contributed by atoms with Crippen molar-refractivity contribution < 1.29 is 9.90 Å². The molecule has 0 aromatic rings. The molecule has 0 aromatic heterocycles. The SMILES string of the molecule is CCCC1(CCC)C(=O)C=C1O. The Kier molecular flexibility index (Phi) is 2.55. The van der Waals surface area contributed by atoms with E-state index in [2.05, 4.69) is 0 Å². The van der Waals surface area contributed by atoms with Gasteiger partial charge in [-0.25, -0.2) is 0 Å². The number of aliphatic hydroxyl groups is 1. The molecule has 0 aliphatic heterocycles. The highest BCUT2D eigenvalue weighted by molar-refractivity contribution is 6.04. The van der Waals surface area contributed by atoms with Crippen molar-refractivity contribution in [3.05, 3.63) is 11.8 Å². The van der Waals surface area contributed by atoms with Crippen LogP contribution in [0.5, 0.6) is 0 Å². The largest absolute Gasteiger partial charge is 0.511 e. The van der Waals surface area contributed by atoms with Gasteiger partial charge in [0.2, 0.25) is 0 Å². The van der Waals surface area contributed by atoms with Crippen molar-refractivity contribution >= 4 is 5.78 Å². The predicted octanol–water partition coefficient (Wildman–Crippen LogP) is 2.60. The molecule has 0 radical (unpaired) electrons. The van der Waals surface area contributed by atoms with Crippen molar-refractivity contribution in [2.24, 2.45) is 5.41 Å². The molecule has 0 spiro atoms. The molecule has 0 fully saturated rings. The van der Waals surface area contributed by atoms with Crippen molar-refractivity contribution in [1.29, 1.82) is 0 Å². The summed E-state index contributed by atoms with van der Waals surface area (Å²) in [5.74, 6) is 0.417. The first-order chi connectivity index (χ1) is 5.67. The topological polar surface area (TPSA) is 37.3 Å². The Morgan fingerprint density at radius 1 is 1.33 bits per heavy atom. The number of allylic oxidation sites excluding steroid dienone is 2. The monoisotopic (exact) mass is 168 g/mol. The highest BCUT2D eigenvalue weighted by Crippen LogP contribution is 2.44. The van der Waals surface area contributed by atoms with Crippen LogP contribution < -0.4 is 0 Å². The highest BCUT2D eigenvalue weighted by Gasteiger charge is 2.46. The standard InChI is InChI=1S/C10H16O2/c1-3-5-10(6-4-2)8(11)7-9(10)12/h7,11H,3-6H2,1-2H3. The summed E-state index contributed by atoms with van der Waals surface area (Å²) in [6, 6.07) is 0. The van der Waals surface area contributed by atoms with Crippen LogP contribution in [-0.2, 0) is 4.79 Å². The van der Waals surface area contributed by atoms with E-state index in [0.717, 1.165) is 25.7 Å². The average Bonchev–Trinajstić information content (AvgIpc) is 2.04. The predicted molar refractivity (Wildman–Crippen MR) is 48.0 cm³/mol. The van der Waals surface area contributed by atoms with Crippen molar-refractivity contribution in [3.8, 4) is 0 Å². The van der Waals surface area contributed by atoms with Gasteiger partial charge in [-0.05, 0) is 12.8 Å². The molecule has 2 nitrogen and oxygen atoms in total. The first-order valence-electron chi connectivity index (χ1n) is 4.63. The summed E-state index contributed by atoms with van der Waals surface area (Å²) in [7, 11) is 0. The van der Waals surface area contributed by atoms with Gasteiger partial charge in [0.25, 0.3) is 0 Å². The van der Waals surface area contributed by atoms with Crippen LogP contribution in [0, 0.1) is 5.41 Å². The first kappa shape index (κ1) is 9.30. The summed E-state index contributed by atoms with van der Waals surface area (Å²) in [6.45, 7) is 4.08. The fraction of sp³-hybridized carbons (Fsp3) is 0.700. The zero-order valence-electron chi connectivity index (χ0n) is 7.76. The smallest absolute Gasteiger partial charge is 0.172 e. The molecule has 0 amide bonds. The van der Waals surface area contributed by atoms with Gasteiger partial charge in [-0.1, -0.05) is 26.7 Å².